The molecule has 3 fully saturated rings. The van der Waals surface area contributed by atoms with E-state index in [4.69, 9.17) is 11.6 Å². The molecule has 164 valence electrons. The summed E-state index contributed by atoms with van der Waals surface area (Å²) in [6, 6.07) is 0. The second kappa shape index (κ2) is 7.99. The number of carbonyl (C=O) groups excluding carboxylic acids is 1. The highest BCUT2D eigenvalue weighted by molar-refractivity contribution is 6.43. The van der Waals surface area contributed by atoms with Gasteiger partial charge in [-0.05, 0) is 96.9 Å². The maximum absolute atomic E-state index is 12.2. The number of hydrogen-bond acceptors (Lipinski definition) is 1. The minimum atomic E-state index is 0.191. The maximum Gasteiger partial charge on any atom is 0.174 e. The second-order valence-corrected chi connectivity index (χ2v) is 12.5. The summed E-state index contributed by atoms with van der Waals surface area (Å²) in [6.07, 6.45) is 13.9. The topological polar surface area (TPSA) is 17.1 Å². The number of fused-ring (bicyclic) bond motifs is 5. The maximum atomic E-state index is 12.2. The molecule has 0 aromatic rings. The Labute approximate surface area is 184 Å². The van der Waals surface area contributed by atoms with Crippen molar-refractivity contribution in [2.45, 2.75) is 105 Å². The van der Waals surface area contributed by atoms with E-state index in [0.29, 0.717) is 16.9 Å². The number of ketones is 1. The smallest absolute Gasteiger partial charge is 0.174 e. The summed E-state index contributed by atoms with van der Waals surface area (Å²) in [6.45, 7) is 12.4. The molecule has 0 radical (unpaired) electrons. The van der Waals surface area contributed by atoms with Crippen LogP contribution in [0, 0.1) is 46.3 Å². The van der Waals surface area contributed by atoms with Crippen molar-refractivity contribution >= 4 is 17.4 Å². The molecular formula is C27H43ClO. The number of carbonyl (C=O) groups is 1. The lowest BCUT2D eigenvalue weighted by molar-refractivity contribution is -0.118. The highest BCUT2D eigenvalue weighted by Gasteiger charge is 2.59. The van der Waals surface area contributed by atoms with E-state index in [1.54, 1.807) is 0 Å². The lowest BCUT2D eigenvalue weighted by Crippen LogP contribution is -2.51. The van der Waals surface area contributed by atoms with Gasteiger partial charge in [0.05, 0.1) is 5.03 Å². The Kier molecular flexibility index (Phi) is 6.04. The van der Waals surface area contributed by atoms with Gasteiger partial charge in [-0.3, -0.25) is 4.79 Å². The first-order valence-electron chi connectivity index (χ1n) is 12.6. The summed E-state index contributed by atoms with van der Waals surface area (Å²) < 4.78 is 0. The standard InChI is InChI=1S/C27H43ClO/c1-17(2)7-6-8-18(3)20-11-12-21-19-9-10-23-25(28)24(29)14-16-27(23,5)22(19)13-15-26(20,21)4/h17-22H,6-16H2,1-5H3/t18-,19+,20-,21+,22+,26-,27-/m1/s1. The minimum Gasteiger partial charge on any atom is -0.293 e. The predicted octanol–water partition coefficient (Wildman–Crippen LogP) is 8.16. The molecule has 4 aliphatic carbocycles. The molecule has 2 heteroatoms. The molecule has 0 saturated heterocycles. The molecule has 4 aliphatic rings. The van der Waals surface area contributed by atoms with Crippen molar-refractivity contribution in [1.29, 1.82) is 0 Å². The Hall–Kier alpha value is -0.300. The van der Waals surface area contributed by atoms with E-state index in [2.05, 4.69) is 34.6 Å². The van der Waals surface area contributed by atoms with Crippen molar-refractivity contribution < 1.29 is 4.79 Å². The summed E-state index contributed by atoms with van der Waals surface area (Å²) in [5, 5.41) is 0.619. The highest BCUT2D eigenvalue weighted by Crippen LogP contribution is 2.68. The quantitative estimate of drug-likeness (QED) is 0.440. The number of Topliss-reactive ketones (excluding diaryl/α,β-unsaturated/α-hetero) is 1. The van der Waals surface area contributed by atoms with Crippen LogP contribution >= 0.6 is 11.6 Å². The van der Waals surface area contributed by atoms with E-state index in [-0.39, 0.29) is 11.2 Å². The van der Waals surface area contributed by atoms with Gasteiger partial charge in [0.25, 0.3) is 0 Å². The first-order chi connectivity index (χ1) is 13.7. The first-order valence-corrected chi connectivity index (χ1v) is 13.0. The van der Waals surface area contributed by atoms with Gasteiger partial charge in [-0.2, -0.15) is 0 Å². The highest BCUT2D eigenvalue weighted by atomic mass is 35.5. The van der Waals surface area contributed by atoms with Gasteiger partial charge in [0.2, 0.25) is 0 Å². The van der Waals surface area contributed by atoms with E-state index in [1.807, 2.05) is 0 Å². The molecule has 1 nitrogen and oxygen atoms in total. The summed E-state index contributed by atoms with van der Waals surface area (Å²) in [4.78, 5) is 12.2. The molecule has 0 heterocycles. The van der Waals surface area contributed by atoms with Gasteiger partial charge in [-0.25, -0.2) is 0 Å². The molecule has 3 saturated carbocycles. The van der Waals surface area contributed by atoms with Crippen LogP contribution < -0.4 is 0 Å². The SMILES string of the molecule is CC(C)CCC[C@@H](C)[C@H]1CC[C@H]2[C@@H]3CCC4=C(Cl)C(=O)CC[C@]4(C)[C@H]3CC[C@]12C. The van der Waals surface area contributed by atoms with Crippen molar-refractivity contribution in [3.05, 3.63) is 10.6 Å². The Bertz CT molecular complexity index is 678. The van der Waals surface area contributed by atoms with Crippen LogP contribution in [0.1, 0.15) is 105 Å². The van der Waals surface area contributed by atoms with Crippen molar-refractivity contribution in [3.8, 4) is 0 Å². The van der Waals surface area contributed by atoms with E-state index in [9.17, 15) is 4.79 Å². The molecule has 7 atom stereocenters. The van der Waals surface area contributed by atoms with Gasteiger partial charge < -0.3 is 0 Å². The van der Waals surface area contributed by atoms with E-state index in [0.717, 1.165) is 48.3 Å². The average molecular weight is 419 g/mol. The zero-order valence-electron chi connectivity index (χ0n) is 19.5. The van der Waals surface area contributed by atoms with Crippen LogP contribution in [-0.2, 0) is 4.79 Å². The number of allylic oxidation sites excluding steroid dienone is 1. The second-order valence-electron chi connectivity index (χ2n) is 12.1. The van der Waals surface area contributed by atoms with E-state index >= 15 is 0 Å². The average Bonchev–Trinajstić information content (AvgIpc) is 3.02. The summed E-state index contributed by atoms with van der Waals surface area (Å²) >= 11 is 6.57. The molecule has 0 amide bonds. The summed E-state index contributed by atoms with van der Waals surface area (Å²) in [5.74, 6) is 5.33. The minimum absolute atomic E-state index is 0.191. The van der Waals surface area contributed by atoms with Crippen LogP contribution in [0.3, 0.4) is 0 Å². The number of rotatable bonds is 5. The fraction of sp³-hybridized carbons (Fsp3) is 0.889. The fourth-order valence-corrected chi connectivity index (χ4v) is 9.08. The van der Waals surface area contributed by atoms with Crippen LogP contribution in [0.15, 0.2) is 10.6 Å². The largest absolute Gasteiger partial charge is 0.293 e. The van der Waals surface area contributed by atoms with Crippen LogP contribution in [0.25, 0.3) is 0 Å². The number of hydrogen-bond donors (Lipinski definition) is 0. The Morgan fingerprint density at radius 1 is 0.966 bits per heavy atom. The van der Waals surface area contributed by atoms with Crippen LogP contribution in [0.5, 0.6) is 0 Å². The van der Waals surface area contributed by atoms with Gasteiger partial charge >= 0.3 is 0 Å². The van der Waals surface area contributed by atoms with E-state index in [1.165, 1.54) is 56.9 Å². The lowest BCUT2D eigenvalue weighted by atomic mass is 9.46. The van der Waals surface area contributed by atoms with Gasteiger partial charge in [0.15, 0.2) is 5.78 Å². The molecular weight excluding hydrogens is 376 g/mol. The molecule has 0 unspecified atom stereocenters. The van der Waals surface area contributed by atoms with Crippen LogP contribution in [0.2, 0.25) is 0 Å². The Morgan fingerprint density at radius 2 is 1.72 bits per heavy atom. The predicted molar refractivity (Wildman–Crippen MR) is 123 cm³/mol. The van der Waals surface area contributed by atoms with Gasteiger partial charge in [-0.15, -0.1) is 0 Å². The Balaban J connectivity index is 1.52. The van der Waals surface area contributed by atoms with Gasteiger partial charge in [0.1, 0.15) is 0 Å². The number of halogens is 1. The Morgan fingerprint density at radius 3 is 2.45 bits per heavy atom. The zero-order chi connectivity index (χ0) is 21.0. The monoisotopic (exact) mass is 418 g/mol. The third-order valence-electron chi connectivity index (χ3n) is 10.3. The zero-order valence-corrected chi connectivity index (χ0v) is 20.3. The van der Waals surface area contributed by atoms with Crippen molar-refractivity contribution in [2.75, 3.05) is 0 Å². The molecule has 0 N–H and O–H groups in total. The molecule has 0 aliphatic heterocycles. The van der Waals surface area contributed by atoms with E-state index < -0.39 is 0 Å². The molecule has 4 rings (SSSR count). The van der Waals surface area contributed by atoms with Crippen molar-refractivity contribution in [1.82, 2.24) is 0 Å². The van der Waals surface area contributed by atoms with Gasteiger partial charge in [-0.1, -0.05) is 65.5 Å². The molecule has 29 heavy (non-hydrogen) atoms. The van der Waals surface area contributed by atoms with Crippen molar-refractivity contribution in [3.63, 3.8) is 0 Å². The van der Waals surface area contributed by atoms with Crippen molar-refractivity contribution in [2.24, 2.45) is 46.3 Å². The first kappa shape index (κ1) is 21.9. The molecule has 0 aromatic heterocycles. The normalized spacial score (nSPS) is 43.2. The molecule has 0 bridgehead atoms. The van der Waals surface area contributed by atoms with Crippen LogP contribution in [-0.4, -0.2) is 5.78 Å². The molecule has 0 aromatic carbocycles. The lowest BCUT2D eigenvalue weighted by Gasteiger charge is -2.58. The third kappa shape index (κ3) is 3.56. The van der Waals surface area contributed by atoms with Gasteiger partial charge in [0, 0.05) is 6.42 Å². The molecule has 0 spiro atoms. The fourth-order valence-electron chi connectivity index (χ4n) is 8.67. The van der Waals surface area contributed by atoms with Crippen LogP contribution in [0.4, 0.5) is 0 Å². The third-order valence-corrected chi connectivity index (χ3v) is 10.7. The summed E-state index contributed by atoms with van der Waals surface area (Å²) in [5.41, 5.74) is 2.07. The summed E-state index contributed by atoms with van der Waals surface area (Å²) in [7, 11) is 0.